The summed E-state index contributed by atoms with van der Waals surface area (Å²) in [5.74, 6) is 0. The molecular weight excluding hydrogens is 256 g/mol. The smallest absolute Gasteiger partial charge is 0.271 e. The van der Waals surface area contributed by atoms with Gasteiger partial charge in [-0.15, -0.1) is 11.3 Å². The molecule has 0 spiro atoms. The van der Waals surface area contributed by atoms with Crippen molar-refractivity contribution in [3.63, 3.8) is 0 Å². The molecule has 0 amide bonds. The van der Waals surface area contributed by atoms with Crippen LogP contribution in [0.15, 0.2) is 39.9 Å². The summed E-state index contributed by atoms with van der Waals surface area (Å²) in [7, 11) is -3.52. The molecule has 1 aromatic heterocycles. The molecule has 0 bridgehead atoms. The summed E-state index contributed by atoms with van der Waals surface area (Å²) in [5, 5.41) is 1.60. The third kappa shape index (κ3) is 2.78. The van der Waals surface area contributed by atoms with E-state index < -0.39 is 10.0 Å². The normalized spacial score (nSPS) is 11.4. The fraction of sp³-hybridized carbons (Fsp3) is 0.0909. The molecule has 0 unspecified atom stereocenters. The number of benzene rings is 1. The van der Waals surface area contributed by atoms with Crippen molar-refractivity contribution in [3.05, 3.63) is 41.3 Å². The van der Waals surface area contributed by atoms with Crippen LogP contribution in [-0.4, -0.2) is 8.42 Å². The van der Waals surface area contributed by atoms with Crippen LogP contribution in [0, 0.1) is 6.92 Å². The van der Waals surface area contributed by atoms with Gasteiger partial charge in [0.15, 0.2) is 0 Å². The van der Waals surface area contributed by atoms with Crippen molar-refractivity contribution in [2.24, 2.45) is 0 Å². The Labute approximate surface area is 104 Å². The monoisotopic (exact) mass is 268 g/mol. The van der Waals surface area contributed by atoms with Crippen molar-refractivity contribution >= 4 is 32.7 Å². The van der Waals surface area contributed by atoms with Crippen LogP contribution in [0.2, 0.25) is 0 Å². The maximum Gasteiger partial charge on any atom is 0.271 e. The van der Waals surface area contributed by atoms with Crippen molar-refractivity contribution in [1.29, 1.82) is 0 Å². The number of nitrogen functional groups attached to an aromatic ring is 1. The van der Waals surface area contributed by atoms with Crippen LogP contribution >= 0.6 is 11.3 Å². The molecule has 90 valence electrons. The topological polar surface area (TPSA) is 72.2 Å². The number of nitrogens with one attached hydrogen (secondary N) is 1. The van der Waals surface area contributed by atoms with E-state index in [1.165, 1.54) is 6.07 Å². The second-order valence-corrected chi connectivity index (χ2v) is 6.49. The molecule has 1 aromatic carbocycles. The van der Waals surface area contributed by atoms with Gasteiger partial charge in [-0.3, -0.25) is 4.72 Å². The molecule has 3 N–H and O–H groups in total. The number of hydrogen-bond acceptors (Lipinski definition) is 4. The van der Waals surface area contributed by atoms with Crippen LogP contribution in [0.25, 0.3) is 0 Å². The van der Waals surface area contributed by atoms with E-state index in [1.807, 2.05) is 19.1 Å². The van der Waals surface area contributed by atoms with Crippen molar-refractivity contribution in [3.8, 4) is 0 Å². The first-order chi connectivity index (χ1) is 7.97. The summed E-state index contributed by atoms with van der Waals surface area (Å²) >= 11 is 1.10. The Kier molecular flexibility index (Phi) is 3.08. The predicted molar refractivity (Wildman–Crippen MR) is 70.7 cm³/mol. The summed E-state index contributed by atoms with van der Waals surface area (Å²) < 4.78 is 26.6. The van der Waals surface area contributed by atoms with Crippen LogP contribution < -0.4 is 10.5 Å². The van der Waals surface area contributed by atoms with Gasteiger partial charge in [-0.25, -0.2) is 8.42 Å². The highest BCUT2D eigenvalue weighted by atomic mass is 32.2. The largest absolute Gasteiger partial charge is 0.398 e. The van der Waals surface area contributed by atoms with Crippen LogP contribution in [-0.2, 0) is 10.0 Å². The number of rotatable bonds is 3. The van der Waals surface area contributed by atoms with Gasteiger partial charge >= 0.3 is 0 Å². The van der Waals surface area contributed by atoms with E-state index in [-0.39, 0.29) is 4.21 Å². The Morgan fingerprint density at radius 2 is 1.88 bits per heavy atom. The Morgan fingerprint density at radius 1 is 1.24 bits per heavy atom. The van der Waals surface area contributed by atoms with E-state index in [0.717, 1.165) is 16.9 Å². The Morgan fingerprint density at radius 3 is 2.41 bits per heavy atom. The van der Waals surface area contributed by atoms with E-state index in [2.05, 4.69) is 4.72 Å². The van der Waals surface area contributed by atoms with Gasteiger partial charge in [0.05, 0.1) is 0 Å². The molecule has 0 aliphatic heterocycles. The van der Waals surface area contributed by atoms with Crippen LogP contribution in [0.3, 0.4) is 0 Å². The molecule has 6 heteroatoms. The molecular formula is C11H12N2O2S2. The number of nitrogens with two attached hydrogens (primary N) is 1. The van der Waals surface area contributed by atoms with E-state index in [9.17, 15) is 8.42 Å². The van der Waals surface area contributed by atoms with Crippen LogP contribution in [0.1, 0.15) is 5.56 Å². The van der Waals surface area contributed by atoms with Crippen LogP contribution in [0.4, 0.5) is 11.4 Å². The Bertz CT molecular complexity index is 615. The van der Waals surface area contributed by atoms with Gasteiger partial charge < -0.3 is 5.73 Å². The second-order valence-electron chi connectivity index (χ2n) is 3.67. The van der Waals surface area contributed by atoms with Crippen LogP contribution in [0.5, 0.6) is 0 Å². The maximum atomic E-state index is 11.9. The zero-order valence-corrected chi connectivity index (χ0v) is 10.8. The number of thiophene rings is 1. The van der Waals surface area contributed by atoms with E-state index >= 15 is 0 Å². The maximum absolute atomic E-state index is 11.9. The summed E-state index contributed by atoms with van der Waals surface area (Å²) in [6.07, 6.45) is 0. The minimum atomic E-state index is -3.52. The minimum absolute atomic E-state index is 0.218. The van der Waals surface area contributed by atoms with Gasteiger partial charge in [0.1, 0.15) is 4.21 Å². The van der Waals surface area contributed by atoms with Gasteiger partial charge in [-0.1, -0.05) is 17.7 Å². The summed E-state index contributed by atoms with van der Waals surface area (Å²) in [5.41, 5.74) is 7.59. The molecule has 0 aliphatic carbocycles. The van der Waals surface area contributed by atoms with E-state index in [1.54, 1.807) is 17.5 Å². The lowest BCUT2D eigenvalue weighted by molar-refractivity contribution is 0.603. The standard InChI is InChI=1S/C11H12N2O2S2/c1-8-2-4-10(5-3-8)13-17(14,15)11-6-9(12)7-16-11/h2-7,13H,12H2,1H3. The molecule has 2 aromatic rings. The molecule has 4 nitrogen and oxygen atoms in total. The van der Waals surface area contributed by atoms with Gasteiger partial charge in [0.25, 0.3) is 10.0 Å². The zero-order chi connectivity index (χ0) is 12.5. The predicted octanol–water partition coefficient (Wildman–Crippen LogP) is 2.44. The van der Waals surface area contributed by atoms with Crippen molar-refractivity contribution in [1.82, 2.24) is 0 Å². The first-order valence-corrected chi connectivity index (χ1v) is 7.27. The molecule has 0 aliphatic rings. The minimum Gasteiger partial charge on any atom is -0.398 e. The summed E-state index contributed by atoms with van der Waals surface area (Å²) in [6.45, 7) is 1.94. The van der Waals surface area contributed by atoms with E-state index in [0.29, 0.717) is 11.4 Å². The molecule has 0 atom stereocenters. The summed E-state index contributed by atoms with van der Waals surface area (Å²) in [4.78, 5) is 0. The highest BCUT2D eigenvalue weighted by molar-refractivity contribution is 7.94. The van der Waals surface area contributed by atoms with Crippen molar-refractivity contribution in [2.45, 2.75) is 11.1 Å². The number of aryl methyl sites for hydroxylation is 1. The third-order valence-corrected chi connectivity index (χ3v) is 5.00. The highest BCUT2D eigenvalue weighted by Crippen LogP contribution is 2.24. The van der Waals surface area contributed by atoms with Gasteiger partial charge in [-0.2, -0.15) is 0 Å². The quantitative estimate of drug-likeness (QED) is 0.898. The average Bonchev–Trinajstić information content (AvgIpc) is 2.69. The zero-order valence-electron chi connectivity index (χ0n) is 9.17. The SMILES string of the molecule is Cc1ccc(NS(=O)(=O)c2cc(N)cs2)cc1. The Hall–Kier alpha value is -1.53. The fourth-order valence-corrected chi connectivity index (χ4v) is 3.44. The number of sulfonamides is 1. The van der Waals surface area contributed by atoms with E-state index in [4.69, 9.17) is 5.73 Å². The van der Waals surface area contributed by atoms with Crippen molar-refractivity contribution < 1.29 is 8.42 Å². The van der Waals surface area contributed by atoms with Gasteiger partial charge in [0, 0.05) is 16.8 Å². The molecule has 0 radical (unpaired) electrons. The lowest BCUT2D eigenvalue weighted by atomic mass is 10.2. The fourth-order valence-electron chi connectivity index (χ4n) is 1.30. The van der Waals surface area contributed by atoms with Crippen molar-refractivity contribution in [2.75, 3.05) is 10.5 Å². The second kappa shape index (κ2) is 4.38. The molecule has 0 saturated carbocycles. The molecule has 0 fully saturated rings. The molecule has 1 heterocycles. The van der Waals surface area contributed by atoms with Gasteiger partial charge in [0.2, 0.25) is 0 Å². The first-order valence-electron chi connectivity index (χ1n) is 4.91. The summed E-state index contributed by atoms with van der Waals surface area (Å²) in [6, 6.07) is 8.59. The van der Waals surface area contributed by atoms with Gasteiger partial charge in [-0.05, 0) is 25.1 Å². The lowest BCUT2D eigenvalue weighted by Crippen LogP contribution is -2.11. The molecule has 17 heavy (non-hydrogen) atoms. The molecule has 0 saturated heterocycles. The molecule has 2 rings (SSSR count). The first kappa shape index (κ1) is 11.9. The number of anilines is 2. The highest BCUT2D eigenvalue weighted by Gasteiger charge is 2.16. The third-order valence-electron chi connectivity index (χ3n) is 2.16. The average molecular weight is 268 g/mol. The Balaban J connectivity index is 2.26. The number of hydrogen-bond donors (Lipinski definition) is 2. The lowest BCUT2D eigenvalue weighted by Gasteiger charge is -2.05.